The highest BCUT2D eigenvalue weighted by molar-refractivity contribution is 9.10. The van der Waals surface area contributed by atoms with E-state index in [9.17, 15) is 13.2 Å². The third-order valence-corrected chi connectivity index (χ3v) is 4.78. The first-order chi connectivity index (χ1) is 11.4. The molecular weight excluding hydrogens is 425 g/mol. The third-order valence-electron chi connectivity index (χ3n) is 4.16. The molecule has 1 saturated heterocycles. The summed E-state index contributed by atoms with van der Waals surface area (Å²) in [5, 5.41) is 3.23. The fourth-order valence-corrected chi connectivity index (χ4v) is 3.46. The molecule has 0 saturated carbocycles. The number of methoxy groups -OCH3 is 2. The van der Waals surface area contributed by atoms with Crippen molar-refractivity contribution in [1.82, 2.24) is 10.2 Å². The minimum atomic E-state index is -4.18. The lowest BCUT2D eigenvalue weighted by atomic mass is 9.98. The molecule has 0 spiro atoms. The van der Waals surface area contributed by atoms with Crippen LogP contribution in [0, 0.1) is 0 Å². The fourth-order valence-electron chi connectivity index (χ4n) is 2.97. The maximum atomic E-state index is 12.8. The van der Waals surface area contributed by atoms with E-state index in [1.54, 1.807) is 12.1 Å². The molecule has 1 aliphatic heterocycles. The van der Waals surface area contributed by atoms with Gasteiger partial charge in [0.25, 0.3) is 0 Å². The van der Waals surface area contributed by atoms with Crippen molar-refractivity contribution >= 4 is 28.3 Å². The lowest BCUT2D eigenvalue weighted by Gasteiger charge is -2.36. The number of ether oxygens (including phenoxy) is 2. The van der Waals surface area contributed by atoms with Gasteiger partial charge in [0.15, 0.2) is 0 Å². The zero-order valence-corrected chi connectivity index (χ0v) is 16.6. The summed E-state index contributed by atoms with van der Waals surface area (Å²) in [6.45, 7) is 2.92. The summed E-state index contributed by atoms with van der Waals surface area (Å²) in [5.41, 5.74) is 0.726. The Labute approximate surface area is 160 Å². The van der Waals surface area contributed by atoms with E-state index in [1.165, 1.54) is 14.2 Å². The number of hydrogen-bond acceptors (Lipinski definition) is 4. The number of benzene rings is 1. The van der Waals surface area contributed by atoms with Crippen LogP contribution in [0.5, 0.6) is 11.5 Å². The zero-order valence-electron chi connectivity index (χ0n) is 14.2. The van der Waals surface area contributed by atoms with Crippen molar-refractivity contribution < 1.29 is 22.6 Å². The molecule has 144 valence electrons. The first kappa shape index (κ1) is 22.3. The highest BCUT2D eigenvalue weighted by Gasteiger charge is 2.32. The van der Waals surface area contributed by atoms with E-state index in [0.29, 0.717) is 29.1 Å². The van der Waals surface area contributed by atoms with Crippen LogP contribution < -0.4 is 14.8 Å². The number of hydrogen-bond donors (Lipinski definition) is 1. The van der Waals surface area contributed by atoms with Gasteiger partial charge >= 0.3 is 6.18 Å². The Bertz CT molecular complexity index is 555. The molecule has 2 rings (SSSR count). The fraction of sp³-hybridized carbons (Fsp3) is 0.625. The Morgan fingerprint density at radius 3 is 2.28 bits per heavy atom. The van der Waals surface area contributed by atoms with Crippen LogP contribution in [0.25, 0.3) is 0 Å². The van der Waals surface area contributed by atoms with Crippen LogP contribution in [0.1, 0.15) is 24.4 Å². The number of halogens is 5. The third kappa shape index (κ3) is 6.20. The van der Waals surface area contributed by atoms with Crippen LogP contribution >= 0.6 is 28.3 Å². The molecule has 1 N–H and O–H groups in total. The Balaban J connectivity index is 0.00000312. The van der Waals surface area contributed by atoms with Crippen LogP contribution in [0.2, 0.25) is 0 Å². The molecule has 1 aliphatic rings. The SMILES string of the molecule is COc1cc([C@@H](CCC(F)(F)F)N2CCNCC2)c(OC)cc1Br.Cl. The standard InChI is InChI=1S/C16H22BrF3N2O2.ClH/c1-23-14-10-12(17)15(24-2)9-11(14)13(3-4-16(18,19)20)22-7-5-21-6-8-22;/h9-10,13,21H,3-8H2,1-2H3;1H/t13-;/m1./s1. The molecular formula is C16H23BrClF3N2O2. The number of piperazine rings is 1. The molecule has 25 heavy (non-hydrogen) atoms. The predicted octanol–water partition coefficient (Wildman–Crippen LogP) is 4.18. The van der Waals surface area contributed by atoms with E-state index in [-0.39, 0.29) is 24.9 Å². The summed E-state index contributed by atoms with van der Waals surface area (Å²) < 4.78 is 49.8. The Morgan fingerprint density at radius 1 is 1.16 bits per heavy atom. The highest BCUT2D eigenvalue weighted by atomic mass is 79.9. The van der Waals surface area contributed by atoms with Crippen molar-refractivity contribution in [1.29, 1.82) is 0 Å². The number of rotatable bonds is 6. The number of nitrogens with one attached hydrogen (secondary N) is 1. The van der Waals surface area contributed by atoms with Gasteiger partial charge in [-0.15, -0.1) is 12.4 Å². The Morgan fingerprint density at radius 2 is 1.76 bits per heavy atom. The second-order valence-corrected chi connectivity index (χ2v) is 6.54. The zero-order chi connectivity index (χ0) is 17.7. The van der Waals surface area contributed by atoms with Crippen LogP contribution in [0.3, 0.4) is 0 Å². The van der Waals surface area contributed by atoms with E-state index in [4.69, 9.17) is 9.47 Å². The van der Waals surface area contributed by atoms with Crippen LogP contribution in [0.15, 0.2) is 16.6 Å². The Kier molecular flexibility index (Phi) is 8.80. The van der Waals surface area contributed by atoms with Crippen molar-refractivity contribution in [2.24, 2.45) is 0 Å². The smallest absolute Gasteiger partial charge is 0.389 e. The van der Waals surface area contributed by atoms with Gasteiger partial charge in [-0.1, -0.05) is 0 Å². The van der Waals surface area contributed by atoms with E-state index in [0.717, 1.165) is 18.7 Å². The molecule has 0 bridgehead atoms. The molecule has 9 heteroatoms. The molecule has 4 nitrogen and oxygen atoms in total. The second-order valence-electron chi connectivity index (χ2n) is 5.68. The lowest BCUT2D eigenvalue weighted by molar-refractivity contribution is -0.138. The molecule has 0 aliphatic carbocycles. The minimum absolute atomic E-state index is 0. The van der Waals surface area contributed by atoms with Gasteiger partial charge in [0.2, 0.25) is 0 Å². The summed E-state index contributed by atoms with van der Waals surface area (Å²) in [6.07, 6.45) is -5.02. The van der Waals surface area contributed by atoms with Crippen molar-refractivity contribution in [3.05, 3.63) is 22.2 Å². The highest BCUT2D eigenvalue weighted by Crippen LogP contribution is 2.40. The second kappa shape index (κ2) is 9.85. The number of nitrogens with zero attached hydrogens (tertiary/aromatic N) is 1. The summed E-state index contributed by atoms with van der Waals surface area (Å²) in [7, 11) is 3.06. The molecule has 1 aromatic carbocycles. The van der Waals surface area contributed by atoms with E-state index in [2.05, 4.69) is 26.1 Å². The first-order valence-electron chi connectivity index (χ1n) is 7.78. The minimum Gasteiger partial charge on any atom is -0.496 e. The molecule has 1 fully saturated rings. The average Bonchev–Trinajstić information content (AvgIpc) is 2.55. The van der Waals surface area contributed by atoms with Gasteiger partial charge in [0, 0.05) is 44.2 Å². The van der Waals surface area contributed by atoms with Crippen molar-refractivity contribution in [3.63, 3.8) is 0 Å². The molecule has 0 unspecified atom stereocenters. The lowest BCUT2D eigenvalue weighted by Crippen LogP contribution is -2.45. The van der Waals surface area contributed by atoms with E-state index >= 15 is 0 Å². The molecule has 0 aromatic heterocycles. The Hall–Kier alpha value is -0.700. The van der Waals surface area contributed by atoms with Crippen molar-refractivity contribution in [2.75, 3.05) is 40.4 Å². The van der Waals surface area contributed by atoms with Gasteiger partial charge in [0.05, 0.1) is 18.7 Å². The topological polar surface area (TPSA) is 33.7 Å². The molecule has 0 amide bonds. The normalized spacial score (nSPS) is 16.9. The monoisotopic (exact) mass is 446 g/mol. The van der Waals surface area contributed by atoms with E-state index < -0.39 is 12.6 Å². The first-order valence-corrected chi connectivity index (χ1v) is 8.58. The van der Waals surface area contributed by atoms with Crippen molar-refractivity contribution in [2.45, 2.75) is 25.1 Å². The summed E-state index contributed by atoms with van der Waals surface area (Å²) in [5.74, 6) is 1.14. The molecule has 1 heterocycles. The van der Waals surface area contributed by atoms with Gasteiger partial charge < -0.3 is 14.8 Å². The van der Waals surface area contributed by atoms with E-state index in [1.807, 2.05) is 0 Å². The molecule has 1 atom stereocenters. The van der Waals surface area contributed by atoms with Crippen molar-refractivity contribution in [3.8, 4) is 11.5 Å². The quantitative estimate of drug-likeness (QED) is 0.709. The van der Waals surface area contributed by atoms with Gasteiger partial charge in [-0.05, 0) is 34.5 Å². The van der Waals surface area contributed by atoms with Crippen LogP contribution in [-0.2, 0) is 0 Å². The largest absolute Gasteiger partial charge is 0.496 e. The van der Waals surface area contributed by atoms with Gasteiger partial charge in [-0.3, -0.25) is 4.90 Å². The average molecular weight is 448 g/mol. The maximum Gasteiger partial charge on any atom is 0.389 e. The maximum absolute atomic E-state index is 12.8. The summed E-state index contributed by atoms with van der Waals surface area (Å²) >= 11 is 3.39. The predicted molar refractivity (Wildman–Crippen MR) is 97.0 cm³/mol. The van der Waals surface area contributed by atoms with Crippen LogP contribution in [0.4, 0.5) is 13.2 Å². The summed E-state index contributed by atoms with van der Waals surface area (Å²) in [6, 6.07) is 3.15. The summed E-state index contributed by atoms with van der Waals surface area (Å²) in [4.78, 5) is 2.08. The number of alkyl halides is 3. The van der Waals surface area contributed by atoms with Gasteiger partial charge in [-0.25, -0.2) is 0 Å². The van der Waals surface area contributed by atoms with Gasteiger partial charge in [0.1, 0.15) is 11.5 Å². The molecule has 0 radical (unpaired) electrons. The van der Waals surface area contributed by atoms with Crippen LogP contribution in [-0.4, -0.2) is 51.5 Å². The molecule has 1 aromatic rings. The van der Waals surface area contributed by atoms with Gasteiger partial charge in [-0.2, -0.15) is 13.2 Å².